The second kappa shape index (κ2) is 4.89. The van der Waals surface area contributed by atoms with Crippen LogP contribution in [0.5, 0.6) is 0 Å². The highest BCUT2D eigenvalue weighted by Crippen LogP contribution is 2.14. The second-order valence-corrected chi connectivity index (χ2v) is 5.08. The van der Waals surface area contributed by atoms with Crippen LogP contribution in [0.25, 0.3) is 11.4 Å². The zero-order chi connectivity index (χ0) is 13.3. The van der Waals surface area contributed by atoms with Gasteiger partial charge in [-0.15, -0.1) is 0 Å². The van der Waals surface area contributed by atoms with Crippen LogP contribution >= 0.6 is 12.2 Å². The quantitative estimate of drug-likeness (QED) is 0.862. The lowest BCUT2D eigenvalue weighted by Crippen LogP contribution is -2.19. The molecule has 2 aromatic rings. The smallest absolute Gasteiger partial charge is 0.261 e. The third kappa shape index (κ3) is 2.28. The SMILES string of the molecule is CC(C)Cn1c(-c2cccn(C)c2=O)n[nH]c1=S. The van der Waals surface area contributed by atoms with Crippen LogP contribution in [0, 0.1) is 10.7 Å². The molecule has 5 nitrogen and oxygen atoms in total. The Morgan fingerprint density at radius 2 is 2.22 bits per heavy atom. The van der Waals surface area contributed by atoms with Crippen molar-refractivity contribution in [3.63, 3.8) is 0 Å². The normalized spacial score (nSPS) is 11.1. The van der Waals surface area contributed by atoms with E-state index in [-0.39, 0.29) is 5.56 Å². The number of aromatic nitrogens is 4. The van der Waals surface area contributed by atoms with E-state index in [0.29, 0.717) is 22.1 Å². The van der Waals surface area contributed by atoms with Gasteiger partial charge in [0.2, 0.25) is 0 Å². The van der Waals surface area contributed by atoms with E-state index in [1.807, 2.05) is 10.6 Å². The van der Waals surface area contributed by atoms with Crippen molar-refractivity contribution in [3.05, 3.63) is 33.5 Å². The van der Waals surface area contributed by atoms with Crippen molar-refractivity contribution in [1.29, 1.82) is 0 Å². The number of hydrogen-bond acceptors (Lipinski definition) is 3. The molecule has 96 valence electrons. The number of pyridine rings is 1. The Balaban J connectivity index is 2.61. The first-order valence-electron chi connectivity index (χ1n) is 5.82. The standard InChI is InChI=1S/C12H16N4OS/c1-8(2)7-16-10(13-14-12(16)18)9-5-4-6-15(3)11(9)17/h4-6,8H,7H2,1-3H3,(H,14,18). The van der Waals surface area contributed by atoms with Crippen LogP contribution in [0.2, 0.25) is 0 Å². The number of hydrogen-bond donors (Lipinski definition) is 1. The topological polar surface area (TPSA) is 55.6 Å². The third-order valence-corrected chi connectivity index (χ3v) is 2.98. The van der Waals surface area contributed by atoms with Gasteiger partial charge in [-0.3, -0.25) is 14.5 Å². The van der Waals surface area contributed by atoms with Gasteiger partial charge in [0.25, 0.3) is 5.56 Å². The molecule has 2 rings (SSSR count). The number of nitrogens with zero attached hydrogens (tertiary/aromatic N) is 3. The summed E-state index contributed by atoms with van der Waals surface area (Å²) in [6.45, 7) is 4.94. The minimum Gasteiger partial charge on any atom is -0.318 e. The van der Waals surface area contributed by atoms with E-state index in [1.165, 1.54) is 4.57 Å². The second-order valence-electron chi connectivity index (χ2n) is 4.69. The van der Waals surface area contributed by atoms with Gasteiger partial charge < -0.3 is 4.57 Å². The van der Waals surface area contributed by atoms with E-state index in [4.69, 9.17) is 12.2 Å². The average molecular weight is 264 g/mol. The molecule has 0 aliphatic rings. The molecule has 2 aromatic heterocycles. The Kier molecular flexibility index (Phi) is 3.47. The van der Waals surface area contributed by atoms with Crippen molar-refractivity contribution >= 4 is 12.2 Å². The summed E-state index contributed by atoms with van der Waals surface area (Å²) in [7, 11) is 1.72. The molecule has 0 spiro atoms. The molecule has 0 atom stereocenters. The van der Waals surface area contributed by atoms with Crippen molar-refractivity contribution < 1.29 is 0 Å². The van der Waals surface area contributed by atoms with Crippen LogP contribution in [0.3, 0.4) is 0 Å². The van der Waals surface area contributed by atoms with Crippen molar-refractivity contribution in [2.45, 2.75) is 20.4 Å². The van der Waals surface area contributed by atoms with Crippen molar-refractivity contribution in [2.24, 2.45) is 13.0 Å². The summed E-state index contributed by atoms with van der Waals surface area (Å²) < 4.78 is 3.95. The fraction of sp³-hybridized carbons (Fsp3) is 0.417. The molecule has 0 radical (unpaired) electrons. The van der Waals surface area contributed by atoms with Crippen molar-refractivity contribution in [3.8, 4) is 11.4 Å². The summed E-state index contributed by atoms with van der Waals surface area (Å²) in [5, 5.41) is 6.93. The molecule has 0 unspecified atom stereocenters. The molecular formula is C12H16N4OS. The highest BCUT2D eigenvalue weighted by molar-refractivity contribution is 7.71. The highest BCUT2D eigenvalue weighted by atomic mass is 32.1. The lowest BCUT2D eigenvalue weighted by molar-refractivity contribution is 0.521. The molecule has 0 amide bonds. The molecular weight excluding hydrogens is 248 g/mol. The zero-order valence-electron chi connectivity index (χ0n) is 10.7. The van der Waals surface area contributed by atoms with E-state index in [9.17, 15) is 4.79 Å². The zero-order valence-corrected chi connectivity index (χ0v) is 11.5. The maximum absolute atomic E-state index is 12.1. The summed E-state index contributed by atoms with van der Waals surface area (Å²) in [6.07, 6.45) is 1.72. The van der Waals surface area contributed by atoms with Crippen LogP contribution in [-0.2, 0) is 13.6 Å². The Hall–Kier alpha value is -1.69. The van der Waals surface area contributed by atoms with E-state index < -0.39 is 0 Å². The molecule has 1 N–H and O–H groups in total. The lowest BCUT2D eigenvalue weighted by Gasteiger charge is -2.09. The molecule has 0 aliphatic heterocycles. The summed E-state index contributed by atoms with van der Waals surface area (Å²) in [4.78, 5) is 12.1. The summed E-state index contributed by atoms with van der Waals surface area (Å²) in [5.41, 5.74) is 0.490. The van der Waals surface area contributed by atoms with Gasteiger partial charge in [-0.2, -0.15) is 5.10 Å². The molecule has 0 saturated heterocycles. The largest absolute Gasteiger partial charge is 0.318 e. The summed E-state index contributed by atoms with van der Waals surface area (Å²) in [6, 6.07) is 3.60. The van der Waals surface area contributed by atoms with E-state index >= 15 is 0 Å². The number of rotatable bonds is 3. The number of nitrogens with one attached hydrogen (secondary N) is 1. The Morgan fingerprint density at radius 3 is 2.89 bits per heavy atom. The predicted octanol–water partition coefficient (Wildman–Crippen LogP) is 1.96. The van der Waals surface area contributed by atoms with Crippen molar-refractivity contribution in [1.82, 2.24) is 19.3 Å². The molecule has 0 fully saturated rings. The Morgan fingerprint density at radius 1 is 1.50 bits per heavy atom. The van der Waals surface area contributed by atoms with Crippen LogP contribution in [0.15, 0.2) is 23.1 Å². The first-order chi connectivity index (χ1) is 8.50. The summed E-state index contributed by atoms with van der Waals surface area (Å²) in [5.74, 6) is 1.04. The number of aromatic amines is 1. The van der Waals surface area contributed by atoms with Gasteiger partial charge in [0.1, 0.15) is 0 Å². The number of H-pyrrole nitrogens is 1. The number of aryl methyl sites for hydroxylation is 1. The van der Waals surface area contributed by atoms with E-state index in [0.717, 1.165) is 6.54 Å². The maximum atomic E-state index is 12.1. The minimum absolute atomic E-state index is 0.0727. The van der Waals surface area contributed by atoms with Crippen molar-refractivity contribution in [2.75, 3.05) is 0 Å². The monoisotopic (exact) mass is 264 g/mol. The molecule has 18 heavy (non-hydrogen) atoms. The average Bonchev–Trinajstić information content (AvgIpc) is 2.64. The van der Waals surface area contributed by atoms with Crippen LogP contribution in [-0.4, -0.2) is 19.3 Å². The van der Waals surface area contributed by atoms with Crippen LogP contribution in [0.4, 0.5) is 0 Å². The molecule has 0 aromatic carbocycles. The molecule has 0 aliphatic carbocycles. The Bertz CT molecular complexity index is 665. The van der Waals surface area contributed by atoms with Gasteiger partial charge in [0, 0.05) is 19.8 Å². The Labute approximate surface area is 110 Å². The minimum atomic E-state index is -0.0727. The molecule has 2 heterocycles. The predicted molar refractivity (Wildman–Crippen MR) is 72.9 cm³/mol. The van der Waals surface area contributed by atoms with Gasteiger partial charge in [-0.1, -0.05) is 13.8 Å². The first kappa shape index (κ1) is 12.8. The van der Waals surface area contributed by atoms with Gasteiger partial charge in [-0.25, -0.2) is 0 Å². The lowest BCUT2D eigenvalue weighted by atomic mass is 10.2. The summed E-state index contributed by atoms with van der Waals surface area (Å²) >= 11 is 5.20. The molecule has 0 saturated carbocycles. The third-order valence-electron chi connectivity index (χ3n) is 2.67. The first-order valence-corrected chi connectivity index (χ1v) is 6.22. The fourth-order valence-corrected chi connectivity index (χ4v) is 2.03. The van der Waals surface area contributed by atoms with Gasteiger partial charge in [0.15, 0.2) is 10.6 Å². The van der Waals surface area contributed by atoms with Gasteiger partial charge in [-0.05, 0) is 30.3 Å². The van der Waals surface area contributed by atoms with Crippen LogP contribution < -0.4 is 5.56 Å². The molecule has 6 heteroatoms. The van der Waals surface area contributed by atoms with Crippen LogP contribution in [0.1, 0.15) is 13.8 Å². The molecule has 0 bridgehead atoms. The maximum Gasteiger partial charge on any atom is 0.261 e. The van der Waals surface area contributed by atoms with Gasteiger partial charge >= 0.3 is 0 Å². The van der Waals surface area contributed by atoms with Gasteiger partial charge in [0.05, 0.1) is 5.56 Å². The van der Waals surface area contributed by atoms with E-state index in [2.05, 4.69) is 24.0 Å². The fourth-order valence-electron chi connectivity index (χ4n) is 1.83. The highest BCUT2D eigenvalue weighted by Gasteiger charge is 2.13. The van der Waals surface area contributed by atoms with E-state index in [1.54, 1.807) is 19.3 Å².